The summed E-state index contributed by atoms with van der Waals surface area (Å²) in [4.78, 5) is 16.1. The van der Waals surface area contributed by atoms with E-state index in [2.05, 4.69) is 15.3 Å². The number of aromatic nitrogens is 4. The molecule has 90 valence electrons. The lowest BCUT2D eigenvalue weighted by molar-refractivity contribution is 0.0699. The van der Waals surface area contributed by atoms with E-state index in [1.807, 2.05) is 6.07 Å². The van der Waals surface area contributed by atoms with E-state index >= 15 is 0 Å². The third kappa shape index (κ3) is 1.74. The van der Waals surface area contributed by atoms with E-state index in [4.69, 9.17) is 5.11 Å². The maximum atomic E-state index is 11.1. The first-order chi connectivity index (χ1) is 8.75. The van der Waals surface area contributed by atoms with Crippen molar-refractivity contribution in [1.29, 1.82) is 0 Å². The Morgan fingerprint density at radius 3 is 3.06 bits per heavy atom. The first-order valence-electron chi connectivity index (χ1n) is 5.18. The average molecular weight is 260 g/mol. The number of carbonyl (C=O) groups is 1. The quantitative estimate of drug-likeness (QED) is 0.774. The second kappa shape index (κ2) is 4.19. The Bertz CT molecular complexity index is 705. The Morgan fingerprint density at radius 1 is 1.44 bits per heavy atom. The molecule has 7 heteroatoms. The summed E-state index contributed by atoms with van der Waals surface area (Å²) >= 11 is 1.52. The molecule has 0 aliphatic carbocycles. The number of hydrogen-bond donors (Lipinski definition) is 1. The van der Waals surface area contributed by atoms with Crippen molar-refractivity contribution in [3.05, 3.63) is 40.3 Å². The van der Waals surface area contributed by atoms with Crippen LogP contribution in [0.15, 0.2) is 29.9 Å². The molecule has 18 heavy (non-hydrogen) atoms. The number of benzene rings is 1. The van der Waals surface area contributed by atoms with Crippen molar-refractivity contribution in [2.45, 2.75) is 6.54 Å². The van der Waals surface area contributed by atoms with Crippen LogP contribution in [-0.4, -0.2) is 31.1 Å². The molecule has 3 rings (SSSR count). The minimum atomic E-state index is -0.995. The maximum absolute atomic E-state index is 11.1. The summed E-state index contributed by atoms with van der Waals surface area (Å²) in [5, 5.41) is 17.0. The van der Waals surface area contributed by atoms with E-state index < -0.39 is 5.97 Å². The first kappa shape index (κ1) is 10.8. The number of rotatable bonds is 3. The van der Waals surface area contributed by atoms with Crippen LogP contribution in [0.4, 0.5) is 0 Å². The molecular weight excluding hydrogens is 252 g/mol. The second-order valence-corrected chi connectivity index (χ2v) is 4.66. The molecule has 1 N–H and O–H groups in total. The van der Waals surface area contributed by atoms with Crippen LogP contribution < -0.4 is 0 Å². The van der Waals surface area contributed by atoms with E-state index in [1.165, 1.54) is 17.4 Å². The Morgan fingerprint density at radius 2 is 2.33 bits per heavy atom. The summed E-state index contributed by atoms with van der Waals surface area (Å²) in [6.45, 7) is 0.546. The van der Waals surface area contributed by atoms with Gasteiger partial charge < -0.3 is 5.11 Å². The summed E-state index contributed by atoms with van der Waals surface area (Å²) in [7, 11) is 0. The molecule has 0 saturated carbocycles. The molecule has 0 bridgehead atoms. The van der Waals surface area contributed by atoms with Gasteiger partial charge in [-0.25, -0.2) is 9.48 Å². The molecule has 0 aliphatic rings. The topological polar surface area (TPSA) is 80.9 Å². The Hall–Kier alpha value is -2.28. The lowest BCUT2D eigenvalue weighted by atomic mass is 10.2. The normalized spacial score (nSPS) is 10.9. The molecular formula is C11H8N4O2S. The number of hydrogen-bond acceptors (Lipinski definition) is 5. The van der Waals surface area contributed by atoms with Crippen LogP contribution in [0.2, 0.25) is 0 Å². The van der Waals surface area contributed by atoms with Crippen LogP contribution in [0.5, 0.6) is 0 Å². The summed E-state index contributed by atoms with van der Waals surface area (Å²) in [6.07, 6.45) is 1.76. The molecule has 0 aliphatic heterocycles. The summed E-state index contributed by atoms with van der Waals surface area (Å²) < 4.78 is 1.68. The second-order valence-electron chi connectivity index (χ2n) is 3.69. The molecule has 0 unspecified atom stereocenters. The fourth-order valence-corrected chi connectivity index (χ4v) is 2.32. The van der Waals surface area contributed by atoms with Gasteiger partial charge in [-0.15, -0.1) is 16.4 Å². The number of carboxylic acids is 1. The zero-order valence-corrected chi connectivity index (χ0v) is 9.96. The lowest BCUT2D eigenvalue weighted by Gasteiger charge is -1.99. The van der Waals surface area contributed by atoms with Crippen molar-refractivity contribution in [2.75, 3.05) is 0 Å². The predicted octanol–water partition coefficient (Wildman–Crippen LogP) is 1.63. The van der Waals surface area contributed by atoms with Gasteiger partial charge in [-0.1, -0.05) is 11.3 Å². The maximum Gasteiger partial charge on any atom is 0.338 e. The van der Waals surface area contributed by atoms with Crippen LogP contribution in [0.1, 0.15) is 15.2 Å². The molecule has 0 amide bonds. The van der Waals surface area contributed by atoms with Crippen molar-refractivity contribution < 1.29 is 9.90 Å². The van der Waals surface area contributed by atoms with Crippen LogP contribution in [0.25, 0.3) is 11.0 Å². The molecule has 0 radical (unpaired) electrons. The number of thiazole rings is 1. The zero-order valence-electron chi connectivity index (χ0n) is 9.15. The highest BCUT2D eigenvalue weighted by molar-refractivity contribution is 7.09. The predicted molar refractivity (Wildman–Crippen MR) is 65.7 cm³/mol. The summed E-state index contributed by atoms with van der Waals surface area (Å²) in [5.41, 5.74) is 3.04. The summed E-state index contributed by atoms with van der Waals surface area (Å²) in [6, 6.07) is 5.03. The molecule has 1 aromatic carbocycles. The smallest absolute Gasteiger partial charge is 0.338 e. The highest BCUT2D eigenvalue weighted by Crippen LogP contribution is 2.18. The number of fused-ring (bicyclic) bond motifs is 1. The van der Waals surface area contributed by atoms with E-state index in [9.17, 15) is 4.79 Å². The van der Waals surface area contributed by atoms with Crippen molar-refractivity contribution in [3.8, 4) is 0 Å². The van der Waals surface area contributed by atoms with Crippen molar-refractivity contribution >= 4 is 28.3 Å². The largest absolute Gasteiger partial charge is 0.478 e. The Kier molecular flexibility index (Phi) is 2.52. The van der Waals surface area contributed by atoms with Gasteiger partial charge in [0.2, 0.25) is 0 Å². The molecule has 0 spiro atoms. The van der Waals surface area contributed by atoms with Crippen LogP contribution in [0, 0.1) is 0 Å². The van der Waals surface area contributed by atoms with E-state index in [1.54, 1.807) is 22.5 Å². The van der Waals surface area contributed by atoms with Crippen molar-refractivity contribution in [1.82, 2.24) is 20.0 Å². The minimum Gasteiger partial charge on any atom is -0.478 e. The van der Waals surface area contributed by atoms with Gasteiger partial charge in [0.25, 0.3) is 0 Å². The third-order valence-electron chi connectivity index (χ3n) is 2.56. The van der Waals surface area contributed by atoms with Gasteiger partial charge in [-0.05, 0) is 12.1 Å². The van der Waals surface area contributed by atoms with Crippen molar-refractivity contribution in [2.24, 2.45) is 0 Å². The molecule has 0 saturated heterocycles. The third-order valence-corrected chi connectivity index (χ3v) is 3.33. The van der Waals surface area contributed by atoms with E-state index in [0.29, 0.717) is 17.6 Å². The number of carboxylic acid groups (broad SMARTS) is 1. The van der Waals surface area contributed by atoms with Crippen molar-refractivity contribution in [3.63, 3.8) is 0 Å². The first-order valence-corrected chi connectivity index (χ1v) is 6.06. The fraction of sp³-hybridized carbons (Fsp3) is 0.0909. The van der Waals surface area contributed by atoms with E-state index in [-0.39, 0.29) is 5.56 Å². The van der Waals surface area contributed by atoms with Crippen LogP contribution >= 0.6 is 11.3 Å². The highest BCUT2D eigenvalue weighted by Gasteiger charge is 2.13. The molecule has 2 aromatic heterocycles. The summed E-state index contributed by atoms with van der Waals surface area (Å²) in [5.74, 6) is -0.995. The average Bonchev–Trinajstić information content (AvgIpc) is 2.99. The van der Waals surface area contributed by atoms with Gasteiger partial charge >= 0.3 is 5.97 Å². The molecule has 3 aromatic rings. The number of nitrogens with zero attached hydrogens (tertiary/aromatic N) is 4. The van der Waals surface area contributed by atoms with E-state index in [0.717, 1.165) is 4.88 Å². The SMILES string of the molecule is O=C(O)c1cccc2c1nnn2Cc1cncs1. The van der Waals surface area contributed by atoms with Crippen LogP contribution in [0.3, 0.4) is 0 Å². The molecule has 0 fully saturated rings. The minimum absolute atomic E-state index is 0.169. The lowest BCUT2D eigenvalue weighted by Crippen LogP contribution is -2.00. The molecule has 2 heterocycles. The van der Waals surface area contributed by atoms with Gasteiger partial charge in [0.05, 0.1) is 23.1 Å². The number of aromatic carboxylic acids is 1. The van der Waals surface area contributed by atoms with Gasteiger partial charge in [-0.2, -0.15) is 0 Å². The van der Waals surface area contributed by atoms with Crippen LogP contribution in [-0.2, 0) is 6.54 Å². The standard InChI is InChI=1S/C11H8N4O2S/c16-11(17)8-2-1-3-9-10(8)13-14-15(9)5-7-4-12-6-18-7/h1-4,6H,5H2,(H,16,17). The zero-order chi connectivity index (χ0) is 12.5. The monoisotopic (exact) mass is 260 g/mol. The van der Waals surface area contributed by atoms with Gasteiger partial charge in [0.15, 0.2) is 0 Å². The Balaban J connectivity index is 2.09. The molecule has 0 atom stereocenters. The van der Waals surface area contributed by atoms with Gasteiger partial charge in [-0.3, -0.25) is 4.98 Å². The van der Waals surface area contributed by atoms with Gasteiger partial charge in [0, 0.05) is 11.1 Å². The molecule has 6 nitrogen and oxygen atoms in total. The Labute approximate surface area is 106 Å². The highest BCUT2D eigenvalue weighted by atomic mass is 32.1. The van der Waals surface area contributed by atoms with Gasteiger partial charge in [0.1, 0.15) is 5.52 Å². The fourth-order valence-electron chi connectivity index (χ4n) is 1.75.